The van der Waals surface area contributed by atoms with E-state index in [2.05, 4.69) is 6.07 Å². The van der Waals surface area contributed by atoms with E-state index in [0.717, 1.165) is 6.42 Å². The molecule has 2 atom stereocenters. The van der Waals surface area contributed by atoms with Crippen molar-refractivity contribution >= 4 is 6.09 Å². The molecule has 0 aromatic carbocycles. The highest BCUT2D eigenvalue weighted by molar-refractivity contribution is 5.69. The number of hydrogen-bond donors (Lipinski definition) is 0. The van der Waals surface area contributed by atoms with Gasteiger partial charge in [-0.15, -0.1) is 0 Å². The molecule has 0 radical (unpaired) electrons. The summed E-state index contributed by atoms with van der Waals surface area (Å²) in [6.07, 6.45) is 1.15. The molecule has 1 aliphatic heterocycles. The Morgan fingerprint density at radius 3 is 2.69 bits per heavy atom. The molecule has 0 aliphatic carbocycles. The van der Waals surface area contributed by atoms with Crippen molar-refractivity contribution in [3.63, 3.8) is 0 Å². The molecule has 4 nitrogen and oxygen atoms in total. The van der Waals surface area contributed by atoms with Gasteiger partial charge in [-0.05, 0) is 40.0 Å². The van der Waals surface area contributed by atoms with Crippen LogP contribution in [0.3, 0.4) is 0 Å². The van der Waals surface area contributed by atoms with Crippen LogP contribution in [0.15, 0.2) is 0 Å². The molecule has 90 valence electrons. The summed E-state index contributed by atoms with van der Waals surface area (Å²) < 4.78 is 5.32. The van der Waals surface area contributed by atoms with Crippen LogP contribution < -0.4 is 0 Å². The third-order valence-electron chi connectivity index (χ3n) is 2.90. The molecule has 1 rings (SSSR count). The van der Waals surface area contributed by atoms with E-state index in [1.807, 2.05) is 27.7 Å². The lowest BCUT2D eigenvalue weighted by atomic mass is 9.99. The predicted molar refractivity (Wildman–Crippen MR) is 60.7 cm³/mol. The van der Waals surface area contributed by atoms with Crippen molar-refractivity contribution in [1.82, 2.24) is 4.90 Å². The first-order chi connectivity index (χ1) is 7.35. The number of carbonyl (C=O) groups is 1. The summed E-state index contributed by atoms with van der Waals surface area (Å²) >= 11 is 0. The first-order valence-electron chi connectivity index (χ1n) is 5.71. The van der Waals surface area contributed by atoms with Crippen LogP contribution in [-0.2, 0) is 4.74 Å². The Labute approximate surface area is 97.2 Å². The van der Waals surface area contributed by atoms with Crippen LogP contribution >= 0.6 is 0 Å². The Hall–Kier alpha value is -1.24. The van der Waals surface area contributed by atoms with Crippen molar-refractivity contribution in [2.45, 2.75) is 52.2 Å². The van der Waals surface area contributed by atoms with Crippen molar-refractivity contribution in [2.24, 2.45) is 5.92 Å². The van der Waals surface area contributed by atoms with Gasteiger partial charge in [0.05, 0.1) is 6.07 Å². The second kappa shape index (κ2) is 4.73. The fraction of sp³-hybridized carbons (Fsp3) is 0.833. The van der Waals surface area contributed by atoms with E-state index in [9.17, 15) is 4.79 Å². The maximum atomic E-state index is 11.8. The third kappa shape index (κ3) is 3.13. The second-order valence-electron chi connectivity index (χ2n) is 5.33. The van der Waals surface area contributed by atoms with Gasteiger partial charge >= 0.3 is 6.09 Å². The number of likely N-dealkylation sites (tertiary alicyclic amines) is 1. The molecular formula is C12H20N2O2. The van der Waals surface area contributed by atoms with Crippen molar-refractivity contribution in [2.75, 3.05) is 6.54 Å². The van der Waals surface area contributed by atoms with Crippen LogP contribution in [-0.4, -0.2) is 29.2 Å². The van der Waals surface area contributed by atoms with E-state index in [1.54, 1.807) is 4.90 Å². The molecule has 0 spiro atoms. The van der Waals surface area contributed by atoms with Crippen LogP contribution in [0.2, 0.25) is 0 Å². The molecule has 1 saturated heterocycles. The standard InChI is InChI=1S/C12H20N2O2/c1-9-10(5-7-13)6-8-14(9)11(15)16-12(2,3)4/h9-10H,5-6,8H2,1-4H3. The van der Waals surface area contributed by atoms with Gasteiger partial charge in [-0.2, -0.15) is 5.26 Å². The van der Waals surface area contributed by atoms with Gasteiger partial charge in [-0.3, -0.25) is 0 Å². The molecule has 0 saturated carbocycles. The minimum Gasteiger partial charge on any atom is -0.444 e. The van der Waals surface area contributed by atoms with E-state index in [1.165, 1.54) is 0 Å². The van der Waals surface area contributed by atoms with Crippen LogP contribution in [0.1, 0.15) is 40.5 Å². The van der Waals surface area contributed by atoms with Gasteiger partial charge in [0.2, 0.25) is 0 Å². The molecule has 1 heterocycles. The van der Waals surface area contributed by atoms with Crippen molar-refractivity contribution < 1.29 is 9.53 Å². The fourth-order valence-corrected chi connectivity index (χ4v) is 1.97. The Morgan fingerprint density at radius 1 is 1.56 bits per heavy atom. The summed E-state index contributed by atoms with van der Waals surface area (Å²) in [5.41, 5.74) is -0.454. The van der Waals surface area contributed by atoms with Crippen LogP contribution in [0.5, 0.6) is 0 Å². The summed E-state index contributed by atoms with van der Waals surface area (Å²) in [7, 11) is 0. The minimum atomic E-state index is -0.454. The SMILES string of the molecule is CC1C(CC#N)CCN1C(=O)OC(C)(C)C. The molecule has 0 aromatic heterocycles. The first kappa shape index (κ1) is 12.8. The van der Waals surface area contributed by atoms with Crippen LogP contribution in [0, 0.1) is 17.2 Å². The quantitative estimate of drug-likeness (QED) is 0.687. The molecule has 16 heavy (non-hydrogen) atoms. The largest absolute Gasteiger partial charge is 0.444 e. The molecule has 0 bridgehead atoms. The number of ether oxygens (including phenoxy) is 1. The second-order valence-corrected chi connectivity index (χ2v) is 5.33. The fourth-order valence-electron chi connectivity index (χ4n) is 1.97. The lowest BCUT2D eigenvalue weighted by Gasteiger charge is -2.28. The van der Waals surface area contributed by atoms with Gasteiger partial charge in [0.1, 0.15) is 5.60 Å². The van der Waals surface area contributed by atoms with E-state index >= 15 is 0 Å². The molecule has 1 amide bonds. The number of hydrogen-bond acceptors (Lipinski definition) is 3. The molecule has 0 aromatic rings. The monoisotopic (exact) mass is 224 g/mol. The topological polar surface area (TPSA) is 53.3 Å². The number of carbonyl (C=O) groups excluding carboxylic acids is 1. The zero-order valence-electron chi connectivity index (χ0n) is 10.5. The van der Waals surface area contributed by atoms with Gasteiger partial charge in [0.15, 0.2) is 0 Å². The summed E-state index contributed by atoms with van der Waals surface area (Å²) in [6, 6.07) is 2.28. The highest BCUT2D eigenvalue weighted by Crippen LogP contribution is 2.27. The predicted octanol–water partition coefficient (Wildman–Crippen LogP) is 2.55. The molecule has 0 N–H and O–H groups in total. The first-order valence-corrected chi connectivity index (χ1v) is 5.71. The number of rotatable bonds is 1. The summed E-state index contributed by atoms with van der Waals surface area (Å²) in [6.45, 7) is 8.26. The molecule has 1 aliphatic rings. The van der Waals surface area contributed by atoms with Gasteiger partial charge in [0, 0.05) is 19.0 Å². The van der Waals surface area contributed by atoms with Gasteiger partial charge in [0.25, 0.3) is 0 Å². The highest BCUT2D eigenvalue weighted by Gasteiger charge is 2.35. The van der Waals surface area contributed by atoms with Gasteiger partial charge < -0.3 is 9.64 Å². The lowest BCUT2D eigenvalue weighted by Crippen LogP contribution is -2.39. The molecule has 2 unspecified atom stereocenters. The average molecular weight is 224 g/mol. The highest BCUT2D eigenvalue weighted by atomic mass is 16.6. The smallest absolute Gasteiger partial charge is 0.410 e. The zero-order chi connectivity index (χ0) is 12.3. The number of amides is 1. The average Bonchev–Trinajstić information content (AvgIpc) is 2.46. The van der Waals surface area contributed by atoms with Crippen LogP contribution in [0.25, 0.3) is 0 Å². The lowest BCUT2D eigenvalue weighted by molar-refractivity contribution is 0.0223. The summed E-state index contributed by atoms with van der Waals surface area (Å²) in [4.78, 5) is 13.6. The van der Waals surface area contributed by atoms with E-state index in [-0.39, 0.29) is 18.1 Å². The molecule has 4 heteroatoms. The third-order valence-corrected chi connectivity index (χ3v) is 2.90. The minimum absolute atomic E-state index is 0.106. The number of nitriles is 1. The Balaban J connectivity index is 2.57. The van der Waals surface area contributed by atoms with Crippen LogP contribution in [0.4, 0.5) is 4.79 Å². The summed E-state index contributed by atoms with van der Waals surface area (Å²) in [5.74, 6) is 0.289. The Morgan fingerprint density at radius 2 is 2.19 bits per heavy atom. The maximum absolute atomic E-state index is 11.8. The molecule has 1 fully saturated rings. The number of nitrogens with zero attached hydrogens (tertiary/aromatic N) is 2. The van der Waals surface area contributed by atoms with E-state index in [0.29, 0.717) is 13.0 Å². The van der Waals surface area contributed by atoms with E-state index < -0.39 is 5.60 Å². The van der Waals surface area contributed by atoms with Crippen molar-refractivity contribution in [3.05, 3.63) is 0 Å². The van der Waals surface area contributed by atoms with E-state index in [4.69, 9.17) is 10.00 Å². The van der Waals surface area contributed by atoms with Gasteiger partial charge in [-0.1, -0.05) is 0 Å². The van der Waals surface area contributed by atoms with Gasteiger partial charge in [-0.25, -0.2) is 4.79 Å². The zero-order valence-corrected chi connectivity index (χ0v) is 10.5. The normalized spacial score (nSPS) is 25.3. The summed E-state index contributed by atoms with van der Waals surface area (Å²) in [5, 5.41) is 8.67. The Bertz CT molecular complexity index is 301. The van der Waals surface area contributed by atoms with Crippen molar-refractivity contribution in [3.8, 4) is 6.07 Å². The van der Waals surface area contributed by atoms with Crippen molar-refractivity contribution in [1.29, 1.82) is 5.26 Å². The Kier molecular flexibility index (Phi) is 3.79. The maximum Gasteiger partial charge on any atom is 0.410 e. The molecular weight excluding hydrogens is 204 g/mol.